The SMILES string of the molecule is COC(=O)Cc1c(C)c2cc(Cl)c(OCc3ccc(Cl)cc3)cc2oc1=O. The lowest BCUT2D eigenvalue weighted by Gasteiger charge is -2.11. The van der Waals surface area contributed by atoms with Crippen LogP contribution in [0.1, 0.15) is 16.7 Å². The van der Waals surface area contributed by atoms with Crippen LogP contribution in [0.4, 0.5) is 0 Å². The van der Waals surface area contributed by atoms with E-state index in [-0.39, 0.29) is 18.6 Å². The second-order valence-electron chi connectivity index (χ2n) is 5.94. The van der Waals surface area contributed by atoms with Crippen LogP contribution in [0, 0.1) is 6.92 Å². The lowest BCUT2D eigenvalue weighted by molar-refractivity contribution is -0.139. The molecule has 0 amide bonds. The van der Waals surface area contributed by atoms with Crippen LogP contribution in [0.15, 0.2) is 45.6 Å². The molecule has 0 bridgehead atoms. The van der Waals surface area contributed by atoms with Crippen molar-refractivity contribution in [3.8, 4) is 5.75 Å². The second-order valence-corrected chi connectivity index (χ2v) is 6.78. The summed E-state index contributed by atoms with van der Waals surface area (Å²) in [5, 5.41) is 1.65. The Bertz CT molecular complexity index is 1050. The molecule has 140 valence electrons. The fraction of sp³-hybridized carbons (Fsp3) is 0.200. The number of halogens is 2. The lowest BCUT2D eigenvalue weighted by atomic mass is 10.0. The number of carbonyl (C=O) groups is 1. The molecule has 0 spiro atoms. The molecule has 0 unspecified atom stereocenters. The van der Waals surface area contributed by atoms with Gasteiger partial charge in [-0.05, 0) is 36.2 Å². The van der Waals surface area contributed by atoms with E-state index in [9.17, 15) is 9.59 Å². The monoisotopic (exact) mass is 406 g/mol. The predicted molar refractivity (Wildman–Crippen MR) is 104 cm³/mol. The number of aryl methyl sites for hydroxylation is 1. The molecular formula is C20H16Cl2O5. The van der Waals surface area contributed by atoms with Gasteiger partial charge in [0.1, 0.15) is 17.9 Å². The second kappa shape index (κ2) is 8.03. The highest BCUT2D eigenvalue weighted by molar-refractivity contribution is 6.32. The summed E-state index contributed by atoms with van der Waals surface area (Å²) < 4.78 is 15.7. The third-order valence-corrected chi connectivity index (χ3v) is 4.74. The highest BCUT2D eigenvalue weighted by atomic mass is 35.5. The van der Waals surface area contributed by atoms with Gasteiger partial charge in [0.15, 0.2) is 0 Å². The molecule has 0 N–H and O–H groups in total. The summed E-state index contributed by atoms with van der Waals surface area (Å²) in [5.74, 6) is -0.124. The molecule has 1 heterocycles. The predicted octanol–water partition coefficient (Wildman–Crippen LogP) is 4.70. The number of rotatable bonds is 5. The van der Waals surface area contributed by atoms with Gasteiger partial charge in [0.05, 0.1) is 24.1 Å². The van der Waals surface area contributed by atoms with Crippen molar-refractivity contribution in [2.45, 2.75) is 20.0 Å². The van der Waals surface area contributed by atoms with Gasteiger partial charge in [0.2, 0.25) is 0 Å². The largest absolute Gasteiger partial charge is 0.487 e. The Labute approximate surface area is 165 Å². The van der Waals surface area contributed by atoms with Crippen LogP contribution in [-0.2, 0) is 22.6 Å². The van der Waals surface area contributed by atoms with Gasteiger partial charge in [-0.25, -0.2) is 4.79 Å². The van der Waals surface area contributed by atoms with Crippen molar-refractivity contribution in [2.24, 2.45) is 0 Å². The van der Waals surface area contributed by atoms with Crippen molar-refractivity contribution in [1.82, 2.24) is 0 Å². The van der Waals surface area contributed by atoms with Crippen LogP contribution in [0.5, 0.6) is 5.75 Å². The molecule has 0 saturated carbocycles. The summed E-state index contributed by atoms with van der Waals surface area (Å²) in [6.45, 7) is 2.02. The van der Waals surface area contributed by atoms with Gasteiger partial charge >= 0.3 is 11.6 Å². The smallest absolute Gasteiger partial charge is 0.340 e. The standard InChI is InChI=1S/C20H16Cl2O5/c1-11-14-7-16(22)18(26-10-12-3-5-13(21)6-4-12)9-17(14)27-20(24)15(11)8-19(23)25-2/h3-7,9H,8,10H2,1-2H3. The zero-order chi connectivity index (χ0) is 19.6. The van der Waals surface area contributed by atoms with E-state index in [0.717, 1.165) is 5.56 Å². The molecule has 0 radical (unpaired) electrons. The van der Waals surface area contributed by atoms with Gasteiger partial charge in [-0.15, -0.1) is 0 Å². The van der Waals surface area contributed by atoms with Crippen LogP contribution >= 0.6 is 23.2 Å². The molecule has 3 aromatic rings. The van der Waals surface area contributed by atoms with Crippen molar-refractivity contribution < 1.29 is 18.7 Å². The molecule has 0 aliphatic carbocycles. The zero-order valence-electron chi connectivity index (χ0n) is 14.7. The van der Waals surface area contributed by atoms with E-state index in [4.69, 9.17) is 32.4 Å². The number of hydrogen-bond donors (Lipinski definition) is 0. The van der Waals surface area contributed by atoms with Gasteiger partial charge in [0.25, 0.3) is 0 Å². The van der Waals surface area contributed by atoms with E-state index in [1.807, 2.05) is 12.1 Å². The minimum atomic E-state index is -0.587. The average Bonchev–Trinajstić information content (AvgIpc) is 2.65. The average molecular weight is 407 g/mol. The van der Waals surface area contributed by atoms with Crippen molar-refractivity contribution in [3.05, 3.63) is 73.6 Å². The highest BCUT2D eigenvalue weighted by Crippen LogP contribution is 2.32. The maximum absolute atomic E-state index is 12.3. The summed E-state index contributed by atoms with van der Waals surface area (Å²) >= 11 is 12.2. The molecule has 0 saturated heterocycles. The first kappa shape index (κ1) is 19.3. The van der Waals surface area contributed by atoms with Crippen LogP contribution in [0.2, 0.25) is 10.0 Å². The maximum Gasteiger partial charge on any atom is 0.340 e. The topological polar surface area (TPSA) is 65.7 Å². The van der Waals surface area contributed by atoms with E-state index in [1.54, 1.807) is 31.2 Å². The molecule has 5 nitrogen and oxygen atoms in total. The summed E-state index contributed by atoms with van der Waals surface area (Å²) in [6.07, 6.45) is -0.160. The van der Waals surface area contributed by atoms with Crippen LogP contribution in [0.3, 0.4) is 0 Å². The summed E-state index contributed by atoms with van der Waals surface area (Å²) in [4.78, 5) is 23.8. The van der Waals surface area contributed by atoms with Gasteiger partial charge < -0.3 is 13.9 Å². The Morgan fingerprint density at radius 1 is 1.15 bits per heavy atom. The van der Waals surface area contributed by atoms with E-state index in [0.29, 0.717) is 32.3 Å². The van der Waals surface area contributed by atoms with E-state index in [2.05, 4.69) is 4.74 Å². The van der Waals surface area contributed by atoms with Crippen LogP contribution in [-0.4, -0.2) is 13.1 Å². The Morgan fingerprint density at radius 2 is 1.85 bits per heavy atom. The first-order valence-corrected chi connectivity index (χ1v) is 8.84. The fourth-order valence-corrected chi connectivity index (χ4v) is 3.01. The molecule has 0 atom stereocenters. The molecule has 3 rings (SSSR count). The minimum absolute atomic E-state index is 0.160. The Balaban J connectivity index is 1.94. The number of fused-ring (bicyclic) bond motifs is 1. The Kier molecular flexibility index (Phi) is 5.73. The number of benzene rings is 2. The van der Waals surface area contributed by atoms with E-state index >= 15 is 0 Å². The number of esters is 1. The third-order valence-electron chi connectivity index (χ3n) is 4.20. The number of carbonyl (C=O) groups excluding carboxylic acids is 1. The van der Waals surface area contributed by atoms with Crippen LogP contribution in [0.25, 0.3) is 11.0 Å². The number of hydrogen-bond acceptors (Lipinski definition) is 5. The van der Waals surface area contributed by atoms with Crippen molar-refractivity contribution in [2.75, 3.05) is 7.11 Å². The van der Waals surface area contributed by atoms with Gasteiger partial charge in [0, 0.05) is 16.5 Å². The first-order valence-electron chi connectivity index (χ1n) is 8.09. The molecule has 1 aromatic heterocycles. The van der Waals surface area contributed by atoms with Crippen molar-refractivity contribution in [1.29, 1.82) is 0 Å². The van der Waals surface area contributed by atoms with Crippen molar-refractivity contribution in [3.63, 3.8) is 0 Å². The van der Waals surface area contributed by atoms with Gasteiger partial charge in [-0.1, -0.05) is 35.3 Å². The van der Waals surface area contributed by atoms with Gasteiger partial charge in [-0.3, -0.25) is 4.79 Å². The maximum atomic E-state index is 12.3. The molecule has 0 aliphatic heterocycles. The normalized spacial score (nSPS) is 10.8. The highest BCUT2D eigenvalue weighted by Gasteiger charge is 2.17. The molecule has 2 aromatic carbocycles. The minimum Gasteiger partial charge on any atom is -0.487 e. The number of ether oxygens (including phenoxy) is 2. The lowest BCUT2D eigenvalue weighted by Crippen LogP contribution is -2.16. The molecular weight excluding hydrogens is 391 g/mol. The van der Waals surface area contributed by atoms with Gasteiger partial charge in [-0.2, -0.15) is 0 Å². The fourth-order valence-electron chi connectivity index (χ4n) is 2.66. The summed E-state index contributed by atoms with van der Waals surface area (Å²) in [7, 11) is 1.27. The molecule has 7 heteroatoms. The summed E-state index contributed by atoms with van der Waals surface area (Å²) in [6, 6.07) is 10.5. The first-order chi connectivity index (χ1) is 12.9. The molecule has 0 aliphatic rings. The van der Waals surface area contributed by atoms with Crippen LogP contribution < -0.4 is 10.4 Å². The zero-order valence-corrected chi connectivity index (χ0v) is 16.2. The van der Waals surface area contributed by atoms with E-state index < -0.39 is 11.6 Å². The molecule has 0 fully saturated rings. The molecule has 27 heavy (non-hydrogen) atoms. The van der Waals surface area contributed by atoms with Crippen molar-refractivity contribution >= 4 is 40.1 Å². The summed E-state index contributed by atoms with van der Waals surface area (Å²) in [5.41, 5.74) is 1.54. The quantitative estimate of drug-likeness (QED) is 0.453. The van der Waals surface area contributed by atoms with E-state index in [1.165, 1.54) is 7.11 Å². The Morgan fingerprint density at radius 3 is 2.52 bits per heavy atom. The third kappa shape index (κ3) is 4.26. The number of methoxy groups -OCH3 is 1. The Hall–Kier alpha value is -2.50.